The largest absolute Gasteiger partial charge is 0.0622 e. The zero-order valence-corrected chi connectivity index (χ0v) is 11.6. The van der Waals surface area contributed by atoms with Crippen LogP contribution in [0, 0.1) is 17.9 Å². The van der Waals surface area contributed by atoms with Crippen LogP contribution in [0.3, 0.4) is 0 Å². The maximum absolute atomic E-state index is 3.65. The Bertz CT molecular complexity index is 689. The van der Waals surface area contributed by atoms with Crippen LogP contribution < -0.4 is 0 Å². The van der Waals surface area contributed by atoms with E-state index in [1.807, 2.05) is 0 Å². The molecule has 0 spiro atoms. The van der Waals surface area contributed by atoms with Gasteiger partial charge in [0, 0.05) is 11.8 Å². The molecule has 0 N–H and O–H groups in total. The predicted octanol–water partition coefficient (Wildman–Crippen LogP) is 4.69. The van der Waals surface area contributed by atoms with Gasteiger partial charge in [-0.15, -0.1) is 0 Å². The highest BCUT2D eigenvalue weighted by Crippen LogP contribution is 2.56. The van der Waals surface area contributed by atoms with Crippen LogP contribution in [0.1, 0.15) is 18.1 Å². The van der Waals surface area contributed by atoms with E-state index in [2.05, 4.69) is 73.7 Å². The van der Waals surface area contributed by atoms with E-state index in [4.69, 9.17) is 0 Å². The molecule has 0 aromatic heterocycles. The van der Waals surface area contributed by atoms with Gasteiger partial charge in [-0.3, -0.25) is 0 Å². The lowest BCUT2D eigenvalue weighted by Crippen LogP contribution is -2.20. The van der Waals surface area contributed by atoms with Gasteiger partial charge in [0.25, 0.3) is 0 Å². The number of benzene rings is 2. The van der Waals surface area contributed by atoms with E-state index in [9.17, 15) is 0 Å². The fraction of sp³-hybridized carbons (Fsp3) is 0.200. The van der Waals surface area contributed by atoms with Gasteiger partial charge in [-0.1, -0.05) is 67.6 Å². The topological polar surface area (TPSA) is 0 Å². The molecule has 2 bridgehead atoms. The van der Waals surface area contributed by atoms with E-state index in [0.717, 1.165) is 6.42 Å². The van der Waals surface area contributed by atoms with Gasteiger partial charge in [0.2, 0.25) is 0 Å². The molecule has 0 amide bonds. The van der Waals surface area contributed by atoms with Gasteiger partial charge < -0.3 is 0 Å². The fourth-order valence-electron chi connectivity index (χ4n) is 3.57. The first-order valence-electron chi connectivity index (χ1n) is 7.32. The zero-order valence-electron chi connectivity index (χ0n) is 11.6. The van der Waals surface area contributed by atoms with Crippen molar-refractivity contribution >= 4 is 5.57 Å². The van der Waals surface area contributed by atoms with Crippen LogP contribution in [0.15, 0.2) is 71.8 Å². The van der Waals surface area contributed by atoms with Crippen LogP contribution in [-0.4, -0.2) is 0 Å². The highest BCUT2D eigenvalue weighted by Gasteiger charge is 2.43. The summed E-state index contributed by atoms with van der Waals surface area (Å²) in [5.41, 5.74) is 7.30. The summed E-state index contributed by atoms with van der Waals surface area (Å²) in [5, 5.41) is 0. The molecule has 3 aliphatic carbocycles. The highest BCUT2D eigenvalue weighted by molar-refractivity contribution is 5.92. The first-order chi connectivity index (χ1) is 9.84. The fourth-order valence-corrected chi connectivity index (χ4v) is 3.57. The van der Waals surface area contributed by atoms with Crippen molar-refractivity contribution in [3.8, 4) is 0 Å². The minimum Gasteiger partial charge on any atom is -0.0622 e. The monoisotopic (exact) mass is 257 g/mol. The molecule has 2 atom stereocenters. The second kappa shape index (κ2) is 4.49. The zero-order chi connectivity index (χ0) is 13.5. The summed E-state index contributed by atoms with van der Waals surface area (Å²) >= 11 is 0. The molecule has 2 aromatic carbocycles. The standard InChI is InChI=1S/C20H17/c1-14-12-17-18(13-15-8-4-2-5-9-15)19(14)20(17)16-10-6-3-7-11-16/h2-11,14,18H,13H2,1H3. The van der Waals surface area contributed by atoms with Crippen LogP contribution in [0.2, 0.25) is 0 Å². The minimum atomic E-state index is 0.494. The van der Waals surface area contributed by atoms with E-state index in [-0.39, 0.29) is 0 Å². The molecule has 0 nitrogen and oxygen atoms in total. The van der Waals surface area contributed by atoms with Gasteiger partial charge in [0.05, 0.1) is 0 Å². The molecule has 20 heavy (non-hydrogen) atoms. The SMILES string of the molecule is CC1[C]=C2C(c3ccccc3)=C1C2Cc1ccccc1. The van der Waals surface area contributed by atoms with E-state index < -0.39 is 0 Å². The van der Waals surface area contributed by atoms with Gasteiger partial charge >= 0.3 is 0 Å². The Hall–Kier alpha value is -2.08. The van der Waals surface area contributed by atoms with E-state index in [1.54, 1.807) is 5.57 Å². The van der Waals surface area contributed by atoms with Crippen molar-refractivity contribution in [2.75, 3.05) is 0 Å². The molecule has 0 heteroatoms. The van der Waals surface area contributed by atoms with E-state index >= 15 is 0 Å². The third-order valence-electron chi connectivity index (χ3n) is 4.47. The Morgan fingerprint density at radius 3 is 2.15 bits per heavy atom. The first kappa shape index (κ1) is 11.7. The van der Waals surface area contributed by atoms with Crippen molar-refractivity contribution in [2.45, 2.75) is 13.3 Å². The van der Waals surface area contributed by atoms with Crippen LogP contribution in [-0.2, 0) is 6.42 Å². The summed E-state index contributed by atoms with van der Waals surface area (Å²) in [6.07, 6.45) is 4.78. The van der Waals surface area contributed by atoms with Crippen molar-refractivity contribution in [2.24, 2.45) is 11.8 Å². The molecule has 3 aliphatic rings. The average Bonchev–Trinajstić information content (AvgIpc) is 3.00. The Kier molecular flexibility index (Phi) is 2.63. The molecule has 0 fully saturated rings. The van der Waals surface area contributed by atoms with Gasteiger partial charge in [0.1, 0.15) is 0 Å². The van der Waals surface area contributed by atoms with Crippen molar-refractivity contribution < 1.29 is 0 Å². The van der Waals surface area contributed by atoms with E-state index in [0.29, 0.717) is 11.8 Å². The summed E-state index contributed by atoms with van der Waals surface area (Å²) < 4.78 is 0. The second-order valence-electron chi connectivity index (χ2n) is 5.72. The third kappa shape index (κ3) is 1.68. The molecule has 0 saturated carbocycles. The van der Waals surface area contributed by atoms with Gasteiger partial charge in [0.15, 0.2) is 0 Å². The average molecular weight is 257 g/mol. The van der Waals surface area contributed by atoms with Gasteiger partial charge in [-0.25, -0.2) is 0 Å². The number of fused-ring (bicyclic) bond motifs is 1. The molecular formula is C20H17. The Balaban J connectivity index is 1.67. The predicted molar refractivity (Wildman–Crippen MR) is 82.9 cm³/mol. The number of hydrogen-bond donors (Lipinski definition) is 0. The normalized spacial score (nSPS) is 23.6. The lowest BCUT2D eigenvalue weighted by molar-refractivity contribution is 0.664. The molecule has 1 radical (unpaired) electrons. The van der Waals surface area contributed by atoms with Crippen LogP contribution in [0.25, 0.3) is 5.57 Å². The lowest BCUT2D eigenvalue weighted by Gasteiger charge is -2.33. The van der Waals surface area contributed by atoms with Gasteiger partial charge in [-0.2, -0.15) is 0 Å². The number of rotatable bonds is 3. The summed E-state index contributed by atoms with van der Waals surface area (Å²) in [7, 11) is 0. The van der Waals surface area contributed by atoms with Gasteiger partial charge in [-0.05, 0) is 40.3 Å². The quantitative estimate of drug-likeness (QED) is 0.748. The first-order valence-corrected chi connectivity index (χ1v) is 7.32. The van der Waals surface area contributed by atoms with Crippen molar-refractivity contribution in [1.29, 1.82) is 0 Å². The second-order valence-corrected chi connectivity index (χ2v) is 5.72. The van der Waals surface area contributed by atoms with Crippen LogP contribution in [0.5, 0.6) is 0 Å². The van der Waals surface area contributed by atoms with Crippen molar-refractivity contribution in [3.63, 3.8) is 0 Å². The smallest absolute Gasteiger partial charge is 0.0113 e. The molecule has 2 unspecified atom stereocenters. The minimum absolute atomic E-state index is 0.494. The molecule has 0 saturated heterocycles. The third-order valence-corrected chi connectivity index (χ3v) is 4.47. The van der Waals surface area contributed by atoms with Crippen molar-refractivity contribution in [3.05, 3.63) is 89.0 Å². The molecule has 97 valence electrons. The highest BCUT2D eigenvalue weighted by atomic mass is 14.5. The molecule has 0 heterocycles. The summed E-state index contributed by atoms with van der Waals surface area (Å²) in [6, 6.07) is 21.6. The Labute approximate surface area is 120 Å². The molecule has 5 rings (SSSR count). The van der Waals surface area contributed by atoms with E-state index in [1.165, 1.54) is 22.3 Å². The summed E-state index contributed by atoms with van der Waals surface area (Å²) in [5.74, 6) is 1.09. The number of hydrogen-bond acceptors (Lipinski definition) is 0. The lowest BCUT2D eigenvalue weighted by atomic mass is 9.71. The number of allylic oxidation sites excluding steroid dienone is 4. The molecule has 0 aliphatic heterocycles. The molecular weight excluding hydrogens is 240 g/mol. The maximum atomic E-state index is 3.65. The van der Waals surface area contributed by atoms with Crippen LogP contribution >= 0.6 is 0 Å². The maximum Gasteiger partial charge on any atom is 0.0113 e. The van der Waals surface area contributed by atoms with Crippen molar-refractivity contribution in [1.82, 2.24) is 0 Å². The Morgan fingerprint density at radius 1 is 0.900 bits per heavy atom. The van der Waals surface area contributed by atoms with Crippen LogP contribution in [0.4, 0.5) is 0 Å². The Morgan fingerprint density at radius 2 is 1.55 bits per heavy atom. The summed E-state index contributed by atoms with van der Waals surface area (Å²) in [4.78, 5) is 0. The molecule has 2 aromatic rings. The summed E-state index contributed by atoms with van der Waals surface area (Å²) in [6.45, 7) is 2.27.